The van der Waals surface area contributed by atoms with Gasteiger partial charge in [-0.15, -0.1) is 6.58 Å². The predicted molar refractivity (Wildman–Crippen MR) is 64.4 cm³/mol. The molecule has 1 N–H and O–H groups in total. The van der Waals surface area contributed by atoms with Gasteiger partial charge in [0.05, 0.1) is 5.56 Å². The van der Waals surface area contributed by atoms with E-state index < -0.39 is 0 Å². The molecule has 1 rings (SSSR count). The lowest BCUT2D eigenvalue weighted by atomic mass is 10.2. The predicted octanol–water partition coefficient (Wildman–Crippen LogP) is 3.13. The fourth-order valence-corrected chi connectivity index (χ4v) is 1.72. The zero-order chi connectivity index (χ0) is 10.6. The molecule has 0 saturated carbocycles. The Morgan fingerprint density at radius 3 is 2.86 bits per heavy atom. The van der Waals surface area contributed by atoms with Crippen molar-refractivity contribution in [2.24, 2.45) is 0 Å². The second-order valence-corrected chi connectivity index (χ2v) is 4.39. The van der Waals surface area contributed by atoms with Gasteiger partial charge in [-0.25, -0.2) is 0 Å². The minimum atomic E-state index is -0.113. The third-order valence-electron chi connectivity index (χ3n) is 1.58. The van der Waals surface area contributed by atoms with Gasteiger partial charge in [0.15, 0.2) is 0 Å². The highest BCUT2D eigenvalue weighted by Crippen LogP contribution is 2.21. The average molecular weight is 319 g/mol. The van der Waals surface area contributed by atoms with Crippen LogP contribution in [-0.2, 0) is 0 Å². The summed E-state index contributed by atoms with van der Waals surface area (Å²) in [5.41, 5.74) is 0.612. The largest absolute Gasteiger partial charge is 0.349 e. The van der Waals surface area contributed by atoms with Crippen molar-refractivity contribution < 1.29 is 4.79 Å². The molecule has 74 valence electrons. The van der Waals surface area contributed by atoms with Gasteiger partial charge in [0, 0.05) is 15.5 Å². The standard InChI is InChI=1S/C10H9Br2NO/c1-2-5-13-10(14)8-6-7(11)3-4-9(8)12/h2-4,6H,1,5H2,(H,13,14). The van der Waals surface area contributed by atoms with Crippen LogP contribution in [0.1, 0.15) is 10.4 Å². The van der Waals surface area contributed by atoms with E-state index in [2.05, 4.69) is 43.8 Å². The summed E-state index contributed by atoms with van der Waals surface area (Å²) in [6, 6.07) is 5.46. The Hall–Kier alpha value is -0.610. The Kier molecular flexibility index (Phi) is 4.35. The Labute approximate surface area is 99.6 Å². The summed E-state index contributed by atoms with van der Waals surface area (Å²) in [5.74, 6) is -0.113. The zero-order valence-corrected chi connectivity index (χ0v) is 10.6. The van der Waals surface area contributed by atoms with Gasteiger partial charge in [-0.05, 0) is 34.1 Å². The molecule has 0 unspecified atom stereocenters. The summed E-state index contributed by atoms with van der Waals surface area (Å²) >= 11 is 6.63. The summed E-state index contributed by atoms with van der Waals surface area (Å²) < 4.78 is 1.66. The van der Waals surface area contributed by atoms with Crippen molar-refractivity contribution in [3.05, 3.63) is 45.4 Å². The lowest BCUT2D eigenvalue weighted by molar-refractivity contribution is 0.0957. The topological polar surface area (TPSA) is 29.1 Å². The van der Waals surface area contributed by atoms with Crippen LogP contribution in [0.25, 0.3) is 0 Å². The quantitative estimate of drug-likeness (QED) is 0.852. The average Bonchev–Trinajstić information content (AvgIpc) is 2.18. The fraction of sp³-hybridized carbons (Fsp3) is 0.100. The number of rotatable bonds is 3. The summed E-state index contributed by atoms with van der Waals surface area (Å²) in [5, 5.41) is 2.71. The third-order valence-corrected chi connectivity index (χ3v) is 2.76. The molecule has 0 saturated heterocycles. The Morgan fingerprint density at radius 2 is 2.21 bits per heavy atom. The molecule has 0 aliphatic rings. The molecule has 0 aliphatic heterocycles. The second-order valence-electron chi connectivity index (χ2n) is 2.62. The molecule has 1 aromatic carbocycles. The molecule has 4 heteroatoms. The first-order chi connectivity index (χ1) is 6.65. The molecule has 0 aliphatic carbocycles. The maximum Gasteiger partial charge on any atom is 0.252 e. The van der Waals surface area contributed by atoms with Crippen molar-refractivity contribution in [2.45, 2.75) is 0 Å². The van der Waals surface area contributed by atoms with Gasteiger partial charge in [-0.3, -0.25) is 4.79 Å². The highest BCUT2D eigenvalue weighted by molar-refractivity contribution is 9.11. The number of carbonyl (C=O) groups excluding carboxylic acids is 1. The lowest BCUT2D eigenvalue weighted by Gasteiger charge is -2.04. The maximum absolute atomic E-state index is 11.6. The van der Waals surface area contributed by atoms with E-state index in [9.17, 15) is 4.79 Å². The van der Waals surface area contributed by atoms with Crippen LogP contribution in [0.2, 0.25) is 0 Å². The van der Waals surface area contributed by atoms with Crippen molar-refractivity contribution in [1.82, 2.24) is 5.32 Å². The third kappa shape index (κ3) is 2.96. The van der Waals surface area contributed by atoms with E-state index in [0.717, 1.165) is 8.95 Å². The number of benzene rings is 1. The molecule has 14 heavy (non-hydrogen) atoms. The van der Waals surface area contributed by atoms with Gasteiger partial charge < -0.3 is 5.32 Å². The number of hydrogen-bond donors (Lipinski definition) is 1. The second kappa shape index (κ2) is 5.32. The first-order valence-electron chi connectivity index (χ1n) is 3.99. The molecule has 0 heterocycles. The van der Waals surface area contributed by atoms with Crippen LogP contribution in [0.15, 0.2) is 39.8 Å². The van der Waals surface area contributed by atoms with Crippen molar-refractivity contribution in [3.8, 4) is 0 Å². The summed E-state index contributed by atoms with van der Waals surface area (Å²) in [4.78, 5) is 11.6. The molecule has 0 atom stereocenters. The van der Waals surface area contributed by atoms with Crippen molar-refractivity contribution >= 4 is 37.8 Å². The van der Waals surface area contributed by atoms with Crippen LogP contribution in [0.4, 0.5) is 0 Å². The fourth-order valence-electron chi connectivity index (χ4n) is 0.932. The summed E-state index contributed by atoms with van der Waals surface area (Å²) in [6.45, 7) is 4.00. The number of nitrogens with one attached hydrogen (secondary N) is 1. The Bertz CT molecular complexity index is 363. The van der Waals surface area contributed by atoms with Crippen LogP contribution < -0.4 is 5.32 Å². The van der Waals surface area contributed by atoms with Gasteiger partial charge in [0.25, 0.3) is 5.91 Å². The smallest absolute Gasteiger partial charge is 0.252 e. The van der Waals surface area contributed by atoms with Crippen molar-refractivity contribution in [1.29, 1.82) is 0 Å². The van der Waals surface area contributed by atoms with Gasteiger partial charge in [0.1, 0.15) is 0 Å². The van der Waals surface area contributed by atoms with E-state index in [0.29, 0.717) is 12.1 Å². The molecular weight excluding hydrogens is 310 g/mol. The molecule has 1 amide bonds. The number of halogens is 2. The van der Waals surface area contributed by atoms with Gasteiger partial charge >= 0.3 is 0 Å². The summed E-state index contributed by atoms with van der Waals surface area (Å²) in [6.07, 6.45) is 1.64. The summed E-state index contributed by atoms with van der Waals surface area (Å²) in [7, 11) is 0. The van der Waals surface area contributed by atoms with Crippen LogP contribution in [0.5, 0.6) is 0 Å². The van der Waals surface area contributed by atoms with Crippen LogP contribution in [0, 0.1) is 0 Å². The molecule has 0 bridgehead atoms. The van der Waals surface area contributed by atoms with Crippen LogP contribution in [0.3, 0.4) is 0 Å². The highest BCUT2D eigenvalue weighted by Gasteiger charge is 2.08. The van der Waals surface area contributed by atoms with E-state index >= 15 is 0 Å². The number of carbonyl (C=O) groups is 1. The highest BCUT2D eigenvalue weighted by atomic mass is 79.9. The Balaban J connectivity index is 2.88. The van der Waals surface area contributed by atoms with E-state index in [4.69, 9.17) is 0 Å². The van der Waals surface area contributed by atoms with E-state index in [1.54, 1.807) is 12.1 Å². The van der Waals surface area contributed by atoms with E-state index in [1.165, 1.54) is 0 Å². The van der Waals surface area contributed by atoms with Crippen molar-refractivity contribution in [2.75, 3.05) is 6.54 Å². The molecule has 0 spiro atoms. The molecular formula is C10H9Br2NO. The maximum atomic E-state index is 11.6. The molecule has 2 nitrogen and oxygen atoms in total. The first kappa shape index (κ1) is 11.5. The van der Waals surface area contributed by atoms with Crippen molar-refractivity contribution in [3.63, 3.8) is 0 Å². The minimum Gasteiger partial charge on any atom is -0.349 e. The monoisotopic (exact) mass is 317 g/mol. The van der Waals surface area contributed by atoms with Gasteiger partial charge in [-0.2, -0.15) is 0 Å². The zero-order valence-electron chi connectivity index (χ0n) is 7.39. The minimum absolute atomic E-state index is 0.113. The van der Waals surface area contributed by atoms with E-state index in [-0.39, 0.29) is 5.91 Å². The number of amides is 1. The number of hydrogen-bond acceptors (Lipinski definition) is 1. The Morgan fingerprint density at radius 1 is 1.50 bits per heavy atom. The van der Waals surface area contributed by atoms with Crippen LogP contribution >= 0.6 is 31.9 Å². The first-order valence-corrected chi connectivity index (χ1v) is 5.58. The van der Waals surface area contributed by atoms with E-state index in [1.807, 2.05) is 12.1 Å². The molecule has 0 aromatic heterocycles. The molecule has 0 radical (unpaired) electrons. The van der Waals surface area contributed by atoms with Crippen LogP contribution in [-0.4, -0.2) is 12.5 Å². The lowest BCUT2D eigenvalue weighted by Crippen LogP contribution is -2.23. The normalized spacial score (nSPS) is 9.57. The van der Waals surface area contributed by atoms with Gasteiger partial charge in [-0.1, -0.05) is 22.0 Å². The SMILES string of the molecule is C=CCNC(=O)c1cc(Br)ccc1Br. The van der Waals surface area contributed by atoms with Gasteiger partial charge in [0.2, 0.25) is 0 Å². The molecule has 0 fully saturated rings. The molecule has 1 aromatic rings.